The van der Waals surface area contributed by atoms with Crippen molar-refractivity contribution in [2.75, 3.05) is 6.66 Å². The number of benzene rings is 1. The molecule has 2 nitrogen and oxygen atoms in total. The normalized spacial score (nSPS) is 37.6. The van der Waals surface area contributed by atoms with Crippen molar-refractivity contribution in [3.63, 3.8) is 0 Å². The van der Waals surface area contributed by atoms with Crippen LogP contribution >= 0.6 is 7.92 Å². The highest BCUT2D eigenvalue weighted by molar-refractivity contribution is 7.66. The lowest BCUT2D eigenvalue weighted by atomic mass is 9.56. The summed E-state index contributed by atoms with van der Waals surface area (Å²) >= 11 is 0. The molecular formula is C19H23N2P. The Morgan fingerprint density at radius 2 is 1.55 bits per heavy atom. The maximum Gasteiger partial charge on any atom is 0.0894 e. The number of fused-ring (bicyclic) bond motifs is 1. The average Bonchev–Trinajstić information content (AvgIpc) is 2.52. The molecule has 0 amide bonds. The minimum atomic E-state index is -0.197. The average molecular weight is 310 g/mol. The second-order valence-corrected chi connectivity index (χ2v) is 10.4. The van der Waals surface area contributed by atoms with E-state index in [1.165, 1.54) is 44.0 Å². The molecule has 1 heterocycles. The Hall–Kier alpha value is -1.01. The molecule has 0 saturated heterocycles. The van der Waals surface area contributed by atoms with Crippen molar-refractivity contribution in [1.29, 1.82) is 0 Å². The third-order valence-electron chi connectivity index (χ3n) is 6.50. The summed E-state index contributed by atoms with van der Waals surface area (Å²) in [5.74, 6) is 3.05. The molecule has 4 aliphatic rings. The van der Waals surface area contributed by atoms with Crippen LogP contribution in [0.25, 0.3) is 11.0 Å². The van der Waals surface area contributed by atoms with E-state index in [1.54, 1.807) is 0 Å². The van der Waals surface area contributed by atoms with Gasteiger partial charge in [0, 0.05) is 0 Å². The van der Waals surface area contributed by atoms with E-state index >= 15 is 0 Å². The summed E-state index contributed by atoms with van der Waals surface area (Å²) in [6, 6.07) is 8.29. The Balaban J connectivity index is 1.53. The third-order valence-corrected chi connectivity index (χ3v) is 9.37. The highest BCUT2D eigenvalue weighted by Gasteiger charge is 2.53. The van der Waals surface area contributed by atoms with Crippen LogP contribution in [0, 0.1) is 17.8 Å². The molecule has 0 radical (unpaired) electrons. The van der Waals surface area contributed by atoms with Crippen molar-refractivity contribution < 1.29 is 0 Å². The molecule has 3 heteroatoms. The van der Waals surface area contributed by atoms with Crippen molar-refractivity contribution in [3.05, 3.63) is 30.5 Å². The summed E-state index contributed by atoms with van der Waals surface area (Å²) in [6.45, 7) is 2.49. The minimum Gasteiger partial charge on any atom is -0.252 e. The first-order chi connectivity index (χ1) is 10.7. The van der Waals surface area contributed by atoms with Crippen LogP contribution < -0.4 is 5.44 Å². The summed E-state index contributed by atoms with van der Waals surface area (Å²) in [7, 11) is -0.197. The number of para-hydroxylation sites is 2. The molecule has 0 N–H and O–H groups in total. The van der Waals surface area contributed by atoms with E-state index in [0.29, 0.717) is 5.16 Å². The SMILES string of the molecule is CP(c1cnc2ccccc2n1)C12CC3CC(CC(C3)C1)C2. The summed E-state index contributed by atoms with van der Waals surface area (Å²) in [5.41, 5.74) is 3.38. The molecule has 1 atom stereocenters. The molecule has 0 aliphatic heterocycles. The van der Waals surface area contributed by atoms with Crippen LogP contribution in [0.3, 0.4) is 0 Å². The number of aromatic nitrogens is 2. The largest absolute Gasteiger partial charge is 0.252 e. The van der Waals surface area contributed by atoms with Gasteiger partial charge in [-0.05, 0) is 80.2 Å². The fourth-order valence-corrected chi connectivity index (χ4v) is 8.40. The highest BCUT2D eigenvalue weighted by atomic mass is 31.1. The van der Waals surface area contributed by atoms with Gasteiger partial charge in [-0.25, -0.2) is 4.98 Å². The Bertz CT molecular complexity index is 691. The van der Waals surface area contributed by atoms with E-state index in [9.17, 15) is 0 Å². The third kappa shape index (κ3) is 1.96. The topological polar surface area (TPSA) is 25.8 Å². The van der Waals surface area contributed by atoms with Gasteiger partial charge < -0.3 is 0 Å². The van der Waals surface area contributed by atoms with Gasteiger partial charge in [-0.15, -0.1) is 0 Å². The molecule has 4 fully saturated rings. The van der Waals surface area contributed by atoms with Crippen LogP contribution in [-0.2, 0) is 0 Å². The van der Waals surface area contributed by atoms with Gasteiger partial charge in [0.05, 0.1) is 22.7 Å². The van der Waals surface area contributed by atoms with Crippen molar-refractivity contribution in [2.45, 2.75) is 43.7 Å². The minimum absolute atomic E-state index is 0.197. The molecule has 22 heavy (non-hydrogen) atoms. The number of nitrogens with zero attached hydrogens (tertiary/aromatic N) is 2. The second-order valence-electron chi connectivity index (χ2n) is 7.92. The van der Waals surface area contributed by atoms with Gasteiger partial charge in [0.25, 0.3) is 0 Å². The van der Waals surface area contributed by atoms with Gasteiger partial charge in [0.15, 0.2) is 0 Å². The molecule has 6 rings (SSSR count). The molecule has 4 bridgehead atoms. The molecule has 1 aromatic carbocycles. The zero-order valence-corrected chi connectivity index (χ0v) is 14.1. The van der Waals surface area contributed by atoms with Gasteiger partial charge in [0.1, 0.15) is 0 Å². The predicted molar refractivity (Wildman–Crippen MR) is 92.9 cm³/mol. The Labute approximate surface area is 133 Å². The van der Waals surface area contributed by atoms with Gasteiger partial charge in [0.2, 0.25) is 0 Å². The van der Waals surface area contributed by atoms with Crippen LogP contribution in [0.1, 0.15) is 38.5 Å². The van der Waals surface area contributed by atoms with Crippen LogP contribution in [0.5, 0.6) is 0 Å². The Morgan fingerprint density at radius 1 is 0.955 bits per heavy atom. The van der Waals surface area contributed by atoms with E-state index < -0.39 is 0 Å². The van der Waals surface area contributed by atoms with Crippen molar-refractivity contribution in [2.24, 2.45) is 17.8 Å². The first kappa shape index (κ1) is 13.4. The summed E-state index contributed by atoms with van der Waals surface area (Å²) in [4.78, 5) is 9.68. The van der Waals surface area contributed by atoms with Crippen molar-refractivity contribution in [1.82, 2.24) is 9.97 Å². The van der Waals surface area contributed by atoms with Crippen molar-refractivity contribution >= 4 is 24.4 Å². The standard InChI is InChI=1S/C19H23N2P/c1-22(18-12-20-16-4-2-3-5-17(16)21-18)19-9-13-6-14(10-19)8-15(7-13)11-19/h2-5,12-15H,6-11H2,1H3. The monoisotopic (exact) mass is 310 g/mol. The lowest BCUT2D eigenvalue weighted by molar-refractivity contribution is 0.0362. The van der Waals surface area contributed by atoms with Crippen LogP contribution in [0.2, 0.25) is 0 Å². The predicted octanol–water partition coefficient (Wildman–Crippen LogP) is 4.34. The van der Waals surface area contributed by atoms with Crippen LogP contribution in [-0.4, -0.2) is 21.8 Å². The van der Waals surface area contributed by atoms with Gasteiger partial charge in [-0.2, -0.15) is 0 Å². The summed E-state index contributed by atoms with van der Waals surface area (Å²) < 4.78 is 0. The van der Waals surface area contributed by atoms with Crippen LogP contribution in [0.15, 0.2) is 30.5 Å². The first-order valence-corrected chi connectivity index (χ1v) is 10.5. The summed E-state index contributed by atoms with van der Waals surface area (Å²) in [5, 5.41) is 0.585. The van der Waals surface area contributed by atoms with Gasteiger partial charge >= 0.3 is 0 Å². The molecule has 1 aromatic heterocycles. The molecule has 4 saturated carbocycles. The fraction of sp³-hybridized carbons (Fsp3) is 0.579. The zero-order valence-electron chi connectivity index (χ0n) is 13.2. The molecule has 2 aromatic rings. The van der Waals surface area contributed by atoms with E-state index in [4.69, 9.17) is 4.98 Å². The van der Waals surface area contributed by atoms with Crippen LogP contribution in [0.4, 0.5) is 0 Å². The lowest BCUT2D eigenvalue weighted by Gasteiger charge is -2.58. The summed E-state index contributed by atoms with van der Waals surface area (Å²) in [6.07, 6.45) is 11.0. The quantitative estimate of drug-likeness (QED) is 0.771. The molecule has 4 aliphatic carbocycles. The molecular weight excluding hydrogens is 287 g/mol. The first-order valence-electron chi connectivity index (χ1n) is 8.67. The maximum absolute atomic E-state index is 5.00. The van der Waals surface area contributed by atoms with E-state index in [2.05, 4.69) is 36.0 Å². The zero-order chi connectivity index (χ0) is 14.7. The van der Waals surface area contributed by atoms with E-state index in [0.717, 1.165) is 28.8 Å². The molecule has 114 valence electrons. The van der Waals surface area contributed by atoms with Gasteiger partial charge in [-0.3, -0.25) is 4.98 Å². The number of hydrogen-bond donors (Lipinski definition) is 0. The van der Waals surface area contributed by atoms with Gasteiger partial charge in [-0.1, -0.05) is 20.1 Å². The number of hydrogen-bond acceptors (Lipinski definition) is 2. The molecule has 0 spiro atoms. The van der Waals surface area contributed by atoms with E-state index in [1.807, 2.05) is 6.07 Å². The Kier molecular flexibility index (Phi) is 2.89. The maximum atomic E-state index is 5.00. The lowest BCUT2D eigenvalue weighted by Crippen LogP contribution is -2.50. The smallest absolute Gasteiger partial charge is 0.0894 e. The highest BCUT2D eigenvalue weighted by Crippen LogP contribution is 2.66. The molecule has 1 unspecified atom stereocenters. The van der Waals surface area contributed by atoms with Crippen molar-refractivity contribution in [3.8, 4) is 0 Å². The van der Waals surface area contributed by atoms with E-state index in [-0.39, 0.29) is 7.92 Å². The fourth-order valence-electron chi connectivity index (χ4n) is 5.83. The number of rotatable bonds is 2. The second kappa shape index (κ2) is 4.74. The Morgan fingerprint density at radius 3 is 2.18 bits per heavy atom.